The molecule has 9 aromatic carbocycles. The van der Waals surface area contributed by atoms with Gasteiger partial charge in [-0.1, -0.05) is 182 Å². The summed E-state index contributed by atoms with van der Waals surface area (Å²) in [6.07, 6.45) is 10.1. The van der Waals surface area contributed by atoms with Gasteiger partial charge in [-0.3, -0.25) is 0 Å². The molecule has 11 rings (SSSR count). The van der Waals surface area contributed by atoms with Crippen LogP contribution in [-0.4, -0.2) is 4.57 Å². The van der Waals surface area contributed by atoms with Crippen LogP contribution in [0, 0.1) is 6.92 Å². The van der Waals surface area contributed by atoms with Crippen LogP contribution in [0.5, 0.6) is 0 Å². The van der Waals surface area contributed by atoms with Gasteiger partial charge in [0.2, 0.25) is 0 Å². The molecular formula is C60H44N2. The predicted molar refractivity (Wildman–Crippen MR) is 264 cm³/mol. The Morgan fingerprint density at radius 1 is 0.419 bits per heavy atom. The lowest BCUT2D eigenvalue weighted by Crippen LogP contribution is -2.28. The lowest BCUT2D eigenvalue weighted by molar-refractivity contribution is 1.17. The first-order chi connectivity index (χ1) is 30.7. The summed E-state index contributed by atoms with van der Waals surface area (Å²) in [6, 6.07) is 77.3. The monoisotopic (exact) mass is 792 g/mol. The largest absolute Gasteiger partial charge is 0.311 e. The fourth-order valence-corrected chi connectivity index (χ4v) is 9.15. The van der Waals surface area contributed by atoms with Crippen molar-refractivity contribution in [2.45, 2.75) is 13.3 Å². The number of fused-ring (bicyclic) bond motifs is 5. The van der Waals surface area contributed by atoms with E-state index >= 15 is 0 Å². The lowest BCUT2D eigenvalue weighted by Gasteiger charge is -2.26. The van der Waals surface area contributed by atoms with Crippen LogP contribution >= 0.6 is 0 Å². The molecule has 1 aliphatic carbocycles. The van der Waals surface area contributed by atoms with E-state index in [-0.39, 0.29) is 0 Å². The minimum absolute atomic E-state index is 0.871. The molecule has 2 nitrogen and oxygen atoms in total. The summed E-state index contributed by atoms with van der Waals surface area (Å²) in [5, 5.41) is 5.01. The molecule has 0 fully saturated rings. The zero-order valence-electron chi connectivity index (χ0n) is 34.6. The van der Waals surface area contributed by atoms with Gasteiger partial charge in [-0.15, -0.1) is 0 Å². The summed E-state index contributed by atoms with van der Waals surface area (Å²) in [5.41, 5.74) is 17.9. The Balaban J connectivity index is 1.03. The molecule has 0 radical (unpaired) electrons. The quantitative estimate of drug-likeness (QED) is 0.149. The molecule has 0 amide bonds. The molecule has 62 heavy (non-hydrogen) atoms. The van der Waals surface area contributed by atoms with E-state index in [4.69, 9.17) is 0 Å². The van der Waals surface area contributed by atoms with Gasteiger partial charge in [0.1, 0.15) is 0 Å². The molecule has 0 spiro atoms. The normalized spacial score (nSPS) is 12.1. The molecule has 0 atom stereocenters. The Morgan fingerprint density at radius 2 is 0.887 bits per heavy atom. The first-order valence-electron chi connectivity index (χ1n) is 21.5. The van der Waals surface area contributed by atoms with Crippen molar-refractivity contribution >= 4 is 51.0 Å². The molecule has 0 saturated carbocycles. The zero-order valence-corrected chi connectivity index (χ0v) is 34.6. The maximum absolute atomic E-state index is 2.46. The number of benzene rings is 9. The predicted octanol–water partition coefficient (Wildman–Crippen LogP) is 14.8. The van der Waals surface area contributed by atoms with E-state index in [9.17, 15) is 0 Å². The fourth-order valence-electron chi connectivity index (χ4n) is 9.15. The van der Waals surface area contributed by atoms with Crippen LogP contribution in [0.4, 0.5) is 17.1 Å². The molecule has 2 heteroatoms. The van der Waals surface area contributed by atoms with Gasteiger partial charge in [-0.25, -0.2) is 0 Å². The highest BCUT2D eigenvalue weighted by Crippen LogP contribution is 2.39. The van der Waals surface area contributed by atoms with Gasteiger partial charge >= 0.3 is 0 Å². The topological polar surface area (TPSA) is 8.17 Å². The maximum atomic E-state index is 2.46. The number of hydrogen-bond donors (Lipinski definition) is 0. The van der Waals surface area contributed by atoms with Crippen molar-refractivity contribution in [2.24, 2.45) is 0 Å². The second-order valence-corrected chi connectivity index (χ2v) is 16.2. The number of rotatable bonds is 8. The third kappa shape index (κ3) is 6.82. The Hall–Kier alpha value is -7.94. The minimum Gasteiger partial charge on any atom is -0.311 e. The van der Waals surface area contributed by atoms with Gasteiger partial charge in [0, 0.05) is 38.7 Å². The molecule has 10 aromatic rings. The molecule has 1 aliphatic rings. The van der Waals surface area contributed by atoms with Gasteiger partial charge in [-0.05, 0) is 124 Å². The standard InChI is InChI=1S/C60H44N2/c1-42-21-23-45(24-22-42)48-27-35-51(36-28-48)61(50-33-25-46(26-34-50)43-13-5-2-6-14-43)52-39-31-49(32-40-52)57-41-58-55-18-11-12-20-59(55)62(60(58)56-19-10-4-9-17-54(56)57)53-37-29-47(30-38-53)44-15-7-3-8-16-44/h2-9,11-41H,10H2,1H3. The second kappa shape index (κ2) is 15.9. The van der Waals surface area contributed by atoms with E-state index in [1.807, 2.05) is 0 Å². The van der Waals surface area contributed by atoms with Gasteiger partial charge in [0.05, 0.1) is 11.0 Å². The first-order valence-corrected chi connectivity index (χ1v) is 21.5. The average Bonchev–Trinajstić information content (AvgIpc) is 3.47. The van der Waals surface area contributed by atoms with Crippen molar-refractivity contribution in [1.82, 2.24) is 4.57 Å². The molecular weight excluding hydrogens is 749 g/mol. The van der Waals surface area contributed by atoms with Crippen LogP contribution in [0.25, 0.3) is 84.2 Å². The first kappa shape index (κ1) is 37.1. The molecule has 294 valence electrons. The Morgan fingerprint density at radius 3 is 1.45 bits per heavy atom. The van der Waals surface area contributed by atoms with Crippen molar-refractivity contribution in [3.05, 3.63) is 240 Å². The summed E-state index contributed by atoms with van der Waals surface area (Å²) >= 11 is 0. The van der Waals surface area contributed by atoms with Crippen molar-refractivity contribution in [2.75, 3.05) is 4.90 Å². The molecule has 1 aromatic heterocycles. The smallest absolute Gasteiger partial charge is 0.0616 e. The highest BCUT2D eigenvalue weighted by atomic mass is 15.1. The van der Waals surface area contributed by atoms with Crippen molar-refractivity contribution < 1.29 is 0 Å². The summed E-state index contributed by atoms with van der Waals surface area (Å²) in [4.78, 5) is 2.36. The number of aromatic nitrogens is 1. The molecule has 0 aliphatic heterocycles. The average molecular weight is 793 g/mol. The van der Waals surface area contributed by atoms with Gasteiger partial charge in [-0.2, -0.15) is 0 Å². The summed E-state index contributed by atoms with van der Waals surface area (Å²) < 4.78 is 2.46. The van der Waals surface area contributed by atoms with Gasteiger partial charge in [0.25, 0.3) is 0 Å². The van der Waals surface area contributed by atoms with Crippen LogP contribution < -0.4 is 15.3 Å². The number of allylic oxidation sites excluding steroid dienone is 2. The lowest BCUT2D eigenvalue weighted by atomic mass is 9.97. The summed E-state index contributed by atoms with van der Waals surface area (Å²) in [7, 11) is 0. The number of aryl methyl sites for hydroxylation is 1. The highest BCUT2D eigenvalue weighted by Gasteiger charge is 2.19. The molecule has 0 unspecified atom stereocenters. The van der Waals surface area contributed by atoms with Gasteiger partial charge in [0.15, 0.2) is 0 Å². The van der Waals surface area contributed by atoms with Gasteiger partial charge < -0.3 is 9.47 Å². The van der Waals surface area contributed by atoms with Crippen molar-refractivity contribution in [3.8, 4) is 50.2 Å². The van der Waals surface area contributed by atoms with Crippen LogP contribution in [0.2, 0.25) is 0 Å². The SMILES string of the molecule is Cc1ccc(-c2ccc(N(c3ccc(-c4ccccc4)cc3)c3ccc(-c4cc5c6ccccc6n(-c6ccc(-c7ccccc7)cc6)c5c5c4=CC=CCC=5)cc3)cc2)cc1. The van der Waals surface area contributed by atoms with Crippen molar-refractivity contribution in [3.63, 3.8) is 0 Å². The summed E-state index contributed by atoms with van der Waals surface area (Å²) in [5.74, 6) is 0. The van der Waals surface area contributed by atoms with Crippen molar-refractivity contribution in [1.29, 1.82) is 0 Å². The Bertz CT molecular complexity index is 3360. The fraction of sp³-hybridized carbons (Fsp3) is 0.0333. The van der Waals surface area contributed by atoms with Crippen LogP contribution in [-0.2, 0) is 0 Å². The van der Waals surface area contributed by atoms with E-state index in [1.54, 1.807) is 0 Å². The zero-order chi connectivity index (χ0) is 41.4. The van der Waals surface area contributed by atoms with E-state index in [0.717, 1.165) is 29.2 Å². The van der Waals surface area contributed by atoms with E-state index in [2.05, 4.69) is 253 Å². The maximum Gasteiger partial charge on any atom is 0.0616 e. The Kier molecular flexibility index (Phi) is 9.52. The molecule has 1 heterocycles. The van der Waals surface area contributed by atoms with Crippen LogP contribution in [0.15, 0.2) is 224 Å². The number of hydrogen-bond acceptors (Lipinski definition) is 1. The highest BCUT2D eigenvalue weighted by molar-refractivity contribution is 6.11. The minimum atomic E-state index is 0.871. The van der Waals surface area contributed by atoms with E-state index in [0.29, 0.717) is 0 Å². The number of anilines is 3. The molecule has 0 saturated heterocycles. The summed E-state index contributed by atoms with van der Waals surface area (Å²) in [6.45, 7) is 2.13. The van der Waals surface area contributed by atoms with E-state index < -0.39 is 0 Å². The Labute approximate surface area is 362 Å². The third-order valence-corrected chi connectivity index (χ3v) is 12.3. The number of nitrogens with zero attached hydrogens (tertiary/aromatic N) is 2. The number of para-hydroxylation sites is 1. The third-order valence-electron chi connectivity index (χ3n) is 12.3. The molecule has 0 N–H and O–H groups in total. The van der Waals surface area contributed by atoms with Crippen LogP contribution in [0.3, 0.4) is 0 Å². The van der Waals surface area contributed by atoms with Crippen LogP contribution in [0.1, 0.15) is 12.0 Å². The second-order valence-electron chi connectivity index (χ2n) is 16.2. The molecule has 0 bridgehead atoms. The van der Waals surface area contributed by atoms with E-state index in [1.165, 1.54) is 82.3 Å².